The van der Waals surface area contributed by atoms with Crippen LogP contribution in [0.3, 0.4) is 0 Å². The number of anilines is 2. The van der Waals surface area contributed by atoms with Crippen LogP contribution in [0.2, 0.25) is 0 Å². The molecule has 0 atom stereocenters. The van der Waals surface area contributed by atoms with Crippen LogP contribution >= 0.6 is 0 Å². The smallest absolute Gasteiger partial charge is 0.321 e. The fourth-order valence-corrected chi connectivity index (χ4v) is 4.22. The predicted molar refractivity (Wildman–Crippen MR) is 131 cm³/mol. The third kappa shape index (κ3) is 5.44. The third-order valence-corrected chi connectivity index (χ3v) is 6.04. The Labute approximate surface area is 199 Å². The number of carbonyl (C=O) groups is 1. The van der Waals surface area contributed by atoms with Crippen molar-refractivity contribution < 1.29 is 13.9 Å². The highest BCUT2D eigenvalue weighted by Gasteiger charge is 2.23. The number of aryl methyl sites for hydroxylation is 2. The van der Waals surface area contributed by atoms with Crippen LogP contribution in [0.1, 0.15) is 29.1 Å². The van der Waals surface area contributed by atoms with Crippen molar-refractivity contribution in [1.82, 2.24) is 14.9 Å². The maximum absolute atomic E-state index is 14.0. The molecule has 178 valence electrons. The number of methoxy groups -OCH3 is 1. The highest BCUT2D eigenvalue weighted by molar-refractivity contribution is 5.89. The Hall–Kier alpha value is -3.68. The highest BCUT2D eigenvalue weighted by Crippen LogP contribution is 2.26. The number of nitrogens with zero attached hydrogens (tertiary/aromatic N) is 4. The Morgan fingerprint density at radius 1 is 1.03 bits per heavy atom. The van der Waals surface area contributed by atoms with Crippen LogP contribution in [-0.4, -0.2) is 54.2 Å². The molecule has 4 rings (SSSR count). The number of carbonyl (C=O) groups excluding carboxylic acids is 1. The van der Waals surface area contributed by atoms with Crippen LogP contribution in [0.25, 0.3) is 0 Å². The molecule has 1 aromatic heterocycles. The monoisotopic (exact) mass is 463 g/mol. The molecule has 1 saturated heterocycles. The number of hydrogen-bond acceptors (Lipinski definition) is 5. The summed E-state index contributed by atoms with van der Waals surface area (Å²) in [6.45, 7) is 6.44. The number of rotatable bonds is 5. The van der Waals surface area contributed by atoms with E-state index < -0.39 is 5.82 Å². The second kappa shape index (κ2) is 10.5. The fourth-order valence-electron chi connectivity index (χ4n) is 4.22. The first-order valence-electron chi connectivity index (χ1n) is 11.5. The van der Waals surface area contributed by atoms with Gasteiger partial charge >= 0.3 is 6.03 Å². The van der Waals surface area contributed by atoms with E-state index in [1.165, 1.54) is 6.07 Å². The number of para-hydroxylation sites is 1. The van der Waals surface area contributed by atoms with Gasteiger partial charge in [-0.1, -0.05) is 24.3 Å². The number of ether oxygens (including phenoxy) is 1. The van der Waals surface area contributed by atoms with Crippen molar-refractivity contribution in [2.75, 3.05) is 43.5 Å². The molecule has 0 saturated carbocycles. The summed E-state index contributed by atoms with van der Waals surface area (Å²) in [6, 6.07) is 13.9. The maximum Gasteiger partial charge on any atom is 0.321 e. The minimum atomic E-state index is -0.442. The van der Waals surface area contributed by atoms with E-state index in [0.717, 1.165) is 47.2 Å². The lowest BCUT2D eigenvalue weighted by Gasteiger charge is -2.26. The van der Waals surface area contributed by atoms with Gasteiger partial charge in [0.15, 0.2) is 0 Å². The summed E-state index contributed by atoms with van der Waals surface area (Å²) >= 11 is 0. The Balaban J connectivity index is 1.50. The first-order chi connectivity index (χ1) is 16.4. The second-order valence-corrected chi connectivity index (χ2v) is 8.42. The predicted octanol–water partition coefficient (Wildman–Crippen LogP) is 4.58. The van der Waals surface area contributed by atoms with Gasteiger partial charge in [0.05, 0.1) is 12.8 Å². The van der Waals surface area contributed by atoms with Gasteiger partial charge in [0, 0.05) is 43.9 Å². The van der Waals surface area contributed by atoms with E-state index in [2.05, 4.69) is 27.3 Å². The zero-order valence-corrected chi connectivity index (χ0v) is 19.8. The molecule has 0 radical (unpaired) electrons. The van der Waals surface area contributed by atoms with Crippen LogP contribution in [0.5, 0.6) is 5.75 Å². The molecule has 0 aliphatic carbocycles. The highest BCUT2D eigenvalue weighted by atomic mass is 19.1. The topological polar surface area (TPSA) is 70.6 Å². The number of amides is 2. The van der Waals surface area contributed by atoms with E-state index in [9.17, 15) is 9.18 Å². The van der Waals surface area contributed by atoms with Gasteiger partial charge in [-0.15, -0.1) is 0 Å². The van der Waals surface area contributed by atoms with Crippen LogP contribution in [-0.2, 0) is 6.42 Å². The molecule has 1 aliphatic heterocycles. The summed E-state index contributed by atoms with van der Waals surface area (Å²) in [7, 11) is 1.66. The van der Waals surface area contributed by atoms with Crippen LogP contribution < -0.4 is 15.0 Å². The van der Waals surface area contributed by atoms with Crippen molar-refractivity contribution in [1.29, 1.82) is 0 Å². The molecule has 2 amide bonds. The molecule has 0 spiro atoms. The van der Waals surface area contributed by atoms with Gasteiger partial charge in [0.1, 0.15) is 23.2 Å². The van der Waals surface area contributed by atoms with Crippen molar-refractivity contribution in [3.8, 4) is 5.75 Å². The van der Waals surface area contributed by atoms with Crippen molar-refractivity contribution in [2.24, 2.45) is 0 Å². The minimum absolute atomic E-state index is 0.192. The molecule has 7 nitrogen and oxygen atoms in total. The van der Waals surface area contributed by atoms with Gasteiger partial charge < -0.3 is 19.9 Å². The second-order valence-electron chi connectivity index (χ2n) is 8.42. The zero-order valence-electron chi connectivity index (χ0n) is 19.8. The standard InChI is InChI=1S/C26H30FN5O2/c1-18-22(17-20-9-11-21(34-3)12-10-20)25(29-19(2)28-18)31-13-6-14-32(16-15-31)26(33)30-24-8-5-4-7-23(24)27/h4-5,7-12H,6,13-17H2,1-3H3,(H,30,33). The van der Waals surface area contributed by atoms with Gasteiger partial charge in [-0.2, -0.15) is 0 Å². The van der Waals surface area contributed by atoms with E-state index >= 15 is 0 Å². The van der Waals surface area contributed by atoms with E-state index in [1.807, 2.05) is 26.0 Å². The molecule has 1 N–H and O–H groups in total. The van der Waals surface area contributed by atoms with Gasteiger partial charge in [-0.3, -0.25) is 0 Å². The summed E-state index contributed by atoms with van der Waals surface area (Å²) in [5.41, 5.74) is 3.38. The van der Waals surface area contributed by atoms with Crippen molar-refractivity contribution in [2.45, 2.75) is 26.7 Å². The van der Waals surface area contributed by atoms with Crippen LogP contribution in [0.15, 0.2) is 48.5 Å². The molecule has 2 heterocycles. The Bertz CT molecular complexity index is 1150. The van der Waals surface area contributed by atoms with Gasteiger partial charge in [-0.05, 0) is 50.1 Å². The van der Waals surface area contributed by atoms with E-state index in [0.29, 0.717) is 26.1 Å². The van der Waals surface area contributed by atoms with E-state index in [1.54, 1.807) is 30.2 Å². The number of hydrogen-bond donors (Lipinski definition) is 1. The average Bonchev–Trinajstić information content (AvgIpc) is 3.09. The van der Waals surface area contributed by atoms with Gasteiger partial charge in [-0.25, -0.2) is 19.2 Å². The Morgan fingerprint density at radius 2 is 1.79 bits per heavy atom. The first-order valence-corrected chi connectivity index (χ1v) is 11.5. The molecule has 0 bridgehead atoms. The molecule has 8 heteroatoms. The van der Waals surface area contributed by atoms with E-state index in [4.69, 9.17) is 9.72 Å². The largest absolute Gasteiger partial charge is 0.497 e. The number of nitrogens with one attached hydrogen (secondary N) is 1. The lowest BCUT2D eigenvalue weighted by atomic mass is 10.0. The molecule has 3 aromatic rings. The zero-order chi connectivity index (χ0) is 24.1. The summed E-state index contributed by atoms with van der Waals surface area (Å²) in [5.74, 6) is 2.02. The van der Waals surface area contributed by atoms with Crippen molar-refractivity contribution in [3.63, 3.8) is 0 Å². The van der Waals surface area contributed by atoms with Crippen LogP contribution in [0, 0.1) is 19.7 Å². The first kappa shape index (κ1) is 23.5. The molecule has 1 aliphatic rings. The minimum Gasteiger partial charge on any atom is -0.497 e. The number of urea groups is 1. The Kier molecular flexibility index (Phi) is 7.25. The molecule has 34 heavy (non-hydrogen) atoms. The normalized spacial score (nSPS) is 14.0. The maximum atomic E-state index is 14.0. The third-order valence-electron chi connectivity index (χ3n) is 6.04. The van der Waals surface area contributed by atoms with Crippen molar-refractivity contribution >= 4 is 17.5 Å². The summed E-state index contributed by atoms with van der Waals surface area (Å²) < 4.78 is 19.2. The Morgan fingerprint density at radius 3 is 2.53 bits per heavy atom. The number of halogens is 1. The molecule has 2 aromatic carbocycles. The fraction of sp³-hybridized carbons (Fsp3) is 0.346. The summed E-state index contributed by atoms with van der Waals surface area (Å²) in [6.07, 6.45) is 1.49. The van der Waals surface area contributed by atoms with Crippen molar-refractivity contribution in [3.05, 3.63) is 77.0 Å². The SMILES string of the molecule is COc1ccc(Cc2c(C)nc(C)nc2N2CCCN(C(=O)Nc3ccccc3F)CC2)cc1. The molecular formula is C26H30FN5O2. The molecule has 1 fully saturated rings. The van der Waals surface area contributed by atoms with Gasteiger partial charge in [0.2, 0.25) is 0 Å². The average molecular weight is 464 g/mol. The summed E-state index contributed by atoms with van der Waals surface area (Å²) in [5, 5.41) is 2.69. The van der Waals surface area contributed by atoms with Crippen LogP contribution in [0.4, 0.5) is 20.7 Å². The molecular weight excluding hydrogens is 433 g/mol. The lowest BCUT2D eigenvalue weighted by Crippen LogP contribution is -2.38. The number of aromatic nitrogens is 2. The summed E-state index contributed by atoms with van der Waals surface area (Å²) in [4.78, 5) is 26.2. The van der Waals surface area contributed by atoms with Gasteiger partial charge in [0.25, 0.3) is 0 Å². The quantitative estimate of drug-likeness (QED) is 0.600. The molecule has 0 unspecified atom stereocenters. The lowest BCUT2D eigenvalue weighted by molar-refractivity contribution is 0.215. The number of benzene rings is 2. The van der Waals surface area contributed by atoms with E-state index in [-0.39, 0.29) is 11.7 Å².